The second-order valence-electron chi connectivity index (χ2n) is 8.69. The Hall–Kier alpha value is -4.61. The Morgan fingerprint density at radius 2 is 1.15 bits per heavy atom. The highest BCUT2D eigenvalue weighted by atomic mass is 31.2. The average molecular weight is 540 g/mol. The molecule has 0 aliphatic rings. The van der Waals surface area contributed by atoms with Gasteiger partial charge in [0.05, 0.1) is 25.0 Å². The number of hydrogen-bond acceptors (Lipinski definition) is 6. The molecule has 0 amide bonds. The van der Waals surface area contributed by atoms with Gasteiger partial charge in [-0.2, -0.15) is 0 Å². The van der Waals surface area contributed by atoms with Crippen LogP contribution < -0.4 is 21.7 Å². The number of rotatable bonds is 7. The molecule has 4 aromatic carbocycles. The smallest absolute Gasteiger partial charge is 0.421 e. The average Bonchev–Trinajstić information content (AvgIpc) is 3.33. The quantitative estimate of drug-likeness (QED) is 0.232. The summed E-state index contributed by atoms with van der Waals surface area (Å²) in [6.07, 6.45) is 0. The summed E-state index contributed by atoms with van der Waals surface area (Å²) in [6, 6.07) is 33.8. The molecule has 39 heavy (non-hydrogen) atoms. The van der Waals surface area contributed by atoms with Crippen LogP contribution in [0.3, 0.4) is 0 Å². The molecule has 0 aliphatic carbocycles. The number of methoxy groups -OCH3 is 2. The summed E-state index contributed by atoms with van der Waals surface area (Å²) in [6.45, 7) is -3.16. The lowest BCUT2D eigenvalue weighted by Crippen LogP contribution is -2.43. The molecule has 0 saturated carbocycles. The van der Waals surface area contributed by atoms with Crippen LogP contribution >= 0.6 is 6.89 Å². The lowest BCUT2D eigenvalue weighted by atomic mass is 10.2. The van der Waals surface area contributed by atoms with E-state index in [1.807, 2.05) is 91.0 Å². The van der Waals surface area contributed by atoms with Gasteiger partial charge in [-0.25, -0.2) is 14.4 Å². The van der Waals surface area contributed by atoms with Gasteiger partial charge in [0, 0.05) is 0 Å². The second kappa shape index (κ2) is 11.0. The van der Waals surface area contributed by atoms with Gasteiger partial charge >= 0.3 is 17.7 Å². The van der Waals surface area contributed by atoms with Crippen molar-refractivity contribution >= 4 is 51.1 Å². The molecule has 0 spiro atoms. The number of aromatic nitrogens is 1. The van der Waals surface area contributed by atoms with Gasteiger partial charge in [-0.15, -0.1) is 0 Å². The van der Waals surface area contributed by atoms with Crippen molar-refractivity contribution in [3.05, 3.63) is 126 Å². The summed E-state index contributed by atoms with van der Waals surface area (Å²) in [4.78, 5) is 41.3. The zero-order valence-electron chi connectivity index (χ0n) is 21.4. The molecule has 1 heterocycles. The monoisotopic (exact) mass is 539 g/mol. The van der Waals surface area contributed by atoms with E-state index in [4.69, 9.17) is 13.9 Å². The number of oxazole rings is 1. The maximum Gasteiger partial charge on any atom is 0.421 e. The third kappa shape index (κ3) is 4.41. The summed E-state index contributed by atoms with van der Waals surface area (Å²) in [7, 11) is 2.49. The molecule has 0 N–H and O–H groups in total. The van der Waals surface area contributed by atoms with Crippen LogP contribution in [0.5, 0.6) is 0 Å². The molecule has 0 saturated heterocycles. The minimum absolute atomic E-state index is 0.0918. The minimum Gasteiger partial charge on any atom is -0.467 e. The Labute approximate surface area is 225 Å². The number of nitrogens with zero attached hydrogens (tertiary/aromatic N) is 1. The van der Waals surface area contributed by atoms with Gasteiger partial charge in [0.25, 0.3) is 0 Å². The van der Waals surface area contributed by atoms with Crippen molar-refractivity contribution in [2.24, 2.45) is 0 Å². The van der Waals surface area contributed by atoms with Crippen molar-refractivity contribution < 1.29 is 23.5 Å². The lowest BCUT2D eigenvalue weighted by molar-refractivity contribution is -0.143. The van der Waals surface area contributed by atoms with Crippen LogP contribution in [0, 0.1) is 0 Å². The maximum atomic E-state index is 14.1. The van der Waals surface area contributed by atoms with E-state index in [1.54, 1.807) is 24.3 Å². The van der Waals surface area contributed by atoms with Crippen molar-refractivity contribution in [1.29, 1.82) is 0 Å². The molecule has 5 rings (SSSR count). The van der Waals surface area contributed by atoms with Crippen molar-refractivity contribution in [3.63, 3.8) is 0 Å². The zero-order valence-corrected chi connectivity index (χ0v) is 22.3. The van der Waals surface area contributed by atoms with E-state index < -0.39 is 30.6 Å². The number of fused-ring (bicyclic) bond motifs is 1. The van der Waals surface area contributed by atoms with Crippen LogP contribution in [-0.4, -0.2) is 36.0 Å². The lowest BCUT2D eigenvalue weighted by Gasteiger charge is -2.34. The van der Waals surface area contributed by atoms with Crippen molar-refractivity contribution in [2.45, 2.75) is 6.04 Å². The summed E-state index contributed by atoms with van der Waals surface area (Å²) in [5.74, 6) is -2.32. The SMILES string of the molecule is COC(=O)C(C(C(=O)OC)n1c(=O)oc2ccccc21)=P(c1ccccc1)(c1ccccc1)c1ccccc1. The van der Waals surface area contributed by atoms with Crippen LogP contribution in [0.4, 0.5) is 0 Å². The predicted molar refractivity (Wildman–Crippen MR) is 154 cm³/mol. The fraction of sp³-hybridized carbons (Fsp3) is 0.0968. The minimum atomic E-state index is -3.16. The van der Waals surface area contributed by atoms with Crippen molar-refractivity contribution in [2.75, 3.05) is 14.2 Å². The number of carbonyl (C=O) groups is 2. The van der Waals surface area contributed by atoms with E-state index >= 15 is 0 Å². The number of para-hydroxylation sites is 2. The van der Waals surface area contributed by atoms with Gasteiger partial charge in [-0.05, 0) is 34.9 Å². The summed E-state index contributed by atoms with van der Waals surface area (Å²) < 4.78 is 17.4. The van der Waals surface area contributed by atoms with Crippen LogP contribution in [0.25, 0.3) is 11.1 Å². The molecular weight excluding hydrogens is 513 g/mol. The van der Waals surface area contributed by atoms with Crippen LogP contribution in [0.2, 0.25) is 0 Å². The Morgan fingerprint density at radius 1 is 0.692 bits per heavy atom. The van der Waals surface area contributed by atoms with E-state index in [1.165, 1.54) is 18.8 Å². The van der Waals surface area contributed by atoms with Gasteiger partial charge in [-0.1, -0.05) is 103 Å². The Morgan fingerprint density at radius 3 is 1.62 bits per heavy atom. The fourth-order valence-electron chi connectivity index (χ4n) is 5.04. The Kier molecular flexibility index (Phi) is 7.35. The molecule has 0 bridgehead atoms. The third-order valence-corrected chi connectivity index (χ3v) is 11.0. The maximum absolute atomic E-state index is 14.1. The molecule has 5 aromatic rings. The van der Waals surface area contributed by atoms with E-state index in [0.29, 0.717) is 5.52 Å². The largest absolute Gasteiger partial charge is 0.467 e. The van der Waals surface area contributed by atoms with Crippen molar-refractivity contribution in [1.82, 2.24) is 4.57 Å². The van der Waals surface area contributed by atoms with Gasteiger partial charge < -0.3 is 13.9 Å². The van der Waals surface area contributed by atoms with Crippen molar-refractivity contribution in [3.8, 4) is 0 Å². The Balaban J connectivity index is 2.10. The molecule has 8 heteroatoms. The number of carbonyl (C=O) groups excluding carboxylic acids is 2. The number of ether oxygens (including phenoxy) is 2. The highest BCUT2D eigenvalue weighted by Gasteiger charge is 2.43. The molecular formula is C31H26NO6P. The first kappa shape index (κ1) is 26.0. The van der Waals surface area contributed by atoms with Gasteiger partial charge in [-0.3, -0.25) is 4.57 Å². The predicted octanol–water partition coefficient (Wildman–Crippen LogP) is 3.65. The highest BCUT2D eigenvalue weighted by molar-refractivity contribution is 7.96. The van der Waals surface area contributed by atoms with Crippen LogP contribution in [-0.2, 0) is 19.1 Å². The fourth-order valence-corrected chi connectivity index (χ4v) is 9.58. The van der Waals surface area contributed by atoms with Gasteiger partial charge in [0.1, 0.15) is 0 Å². The molecule has 196 valence electrons. The normalized spacial score (nSPS) is 12.1. The zero-order chi connectivity index (χ0) is 27.4. The summed E-state index contributed by atoms with van der Waals surface area (Å²) >= 11 is 0. The molecule has 1 aromatic heterocycles. The first-order chi connectivity index (χ1) is 19.0. The topological polar surface area (TPSA) is 87.7 Å². The van der Waals surface area contributed by atoms with E-state index in [9.17, 15) is 14.4 Å². The standard InChI is InChI=1S/C31H26NO6P/c1-36-29(33)27(32-25-20-12-13-21-26(25)38-31(32)35)28(30(34)37-2)39(22-14-6-3-7-15-22,23-16-8-4-9-17-23)24-18-10-5-11-19-24/h3-21,27H,1-2H3. The van der Waals surface area contributed by atoms with Crippen LogP contribution in [0.1, 0.15) is 6.04 Å². The number of esters is 2. The van der Waals surface area contributed by atoms with Gasteiger partial charge in [0.15, 0.2) is 11.6 Å². The third-order valence-electron chi connectivity index (χ3n) is 6.65. The number of benzene rings is 4. The first-order valence-electron chi connectivity index (χ1n) is 12.2. The molecule has 7 nitrogen and oxygen atoms in total. The second-order valence-corrected chi connectivity index (χ2v) is 12.1. The summed E-state index contributed by atoms with van der Waals surface area (Å²) in [5, 5.41) is 2.50. The molecule has 1 atom stereocenters. The van der Waals surface area contributed by atoms with E-state index in [0.717, 1.165) is 15.9 Å². The summed E-state index contributed by atoms with van der Waals surface area (Å²) in [5.41, 5.74) is 0.635. The number of hydrogen-bond donors (Lipinski definition) is 0. The molecule has 1 unspecified atom stereocenters. The van der Waals surface area contributed by atoms with Gasteiger partial charge in [0.2, 0.25) is 0 Å². The Bertz CT molecular complexity index is 1640. The first-order valence-corrected chi connectivity index (χ1v) is 14.0. The highest BCUT2D eigenvalue weighted by Crippen LogP contribution is 2.49. The van der Waals surface area contributed by atoms with E-state index in [2.05, 4.69) is 0 Å². The van der Waals surface area contributed by atoms with Crippen LogP contribution in [0.15, 0.2) is 124 Å². The molecule has 0 aliphatic heterocycles. The van der Waals surface area contributed by atoms with E-state index in [-0.39, 0.29) is 10.9 Å². The molecule has 0 radical (unpaired) electrons. The molecule has 0 fully saturated rings.